The number of aromatic nitrogens is 1. The van der Waals surface area contributed by atoms with Gasteiger partial charge in [-0.1, -0.05) is 25.1 Å². The summed E-state index contributed by atoms with van der Waals surface area (Å²) in [4.78, 5) is 12.6. The molecule has 0 aliphatic carbocycles. The van der Waals surface area contributed by atoms with Crippen LogP contribution in [-0.2, 0) is 11.3 Å². The standard InChI is InChI=1S/C28H29N3O2.H2/c1-4-31-26-8-6-5-7-24(26)25-17-22(10-12-27(25)31)30-28(32)15-19(2)13-14-33-23-11-9-21(18-29)20(3)16-23;/h5-12,16-17,19H,4,13-15H2,1-3H3,(H,30,32);1H. The predicted octanol–water partition coefficient (Wildman–Crippen LogP) is 6.67. The zero-order valence-electron chi connectivity index (χ0n) is 19.4. The fourth-order valence-electron chi connectivity index (χ4n) is 4.33. The van der Waals surface area contributed by atoms with Crippen molar-refractivity contribution in [1.82, 2.24) is 4.57 Å². The van der Waals surface area contributed by atoms with Gasteiger partial charge in [0.05, 0.1) is 18.2 Å². The maximum Gasteiger partial charge on any atom is 0.224 e. The lowest BCUT2D eigenvalue weighted by molar-refractivity contribution is -0.117. The molecule has 0 fully saturated rings. The zero-order chi connectivity index (χ0) is 23.4. The van der Waals surface area contributed by atoms with Gasteiger partial charge in [0.1, 0.15) is 5.75 Å². The number of hydrogen-bond donors (Lipinski definition) is 1. The van der Waals surface area contributed by atoms with Crippen molar-refractivity contribution in [3.05, 3.63) is 71.8 Å². The number of nitrogens with one attached hydrogen (secondary N) is 1. The Morgan fingerprint density at radius 2 is 1.91 bits per heavy atom. The van der Waals surface area contributed by atoms with Crippen LogP contribution in [0.1, 0.15) is 39.2 Å². The maximum absolute atomic E-state index is 12.6. The Morgan fingerprint density at radius 3 is 2.67 bits per heavy atom. The number of para-hydroxylation sites is 1. The van der Waals surface area contributed by atoms with E-state index in [2.05, 4.69) is 66.2 Å². The van der Waals surface area contributed by atoms with Crippen molar-refractivity contribution in [3.8, 4) is 11.8 Å². The first kappa shape index (κ1) is 22.4. The first-order valence-electron chi connectivity index (χ1n) is 11.4. The molecule has 0 aliphatic heterocycles. The fraction of sp³-hybridized carbons (Fsp3) is 0.286. The number of carbonyl (C=O) groups excluding carboxylic acids is 1. The third kappa shape index (κ3) is 4.85. The highest BCUT2D eigenvalue weighted by atomic mass is 16.5. The number of rotatable bonds is 8. The largest absolute Gasteiger partial charge is 0.494 e. The van der Waals surface area contributed by atoms with Gasteiger partial charge >= 0.3 is 0 Å². The third-order valence-electron chi connectivity index (χ3n) is 6.10. The van der Waals surface area contributed by atoms with E-state index < -0.39 is 0 Å². The van der Waals surface area contributed by atoms with Crippen LogP contribution in [0.3, 0.4) is 0 Å². The first-order valence-corrected chi connectivity index (χ1v) is 11.4. The third-order valence-corrected chi connectivity index (χ3v) is 6.10. The average molecular weight is 442 g/mol. The number of fused-ring (bicyclic) bond motifs is 3. The molecule has 33 heavy (non-hydrogen) atoms. The molecule has 0 saturated carbocycles. The van der Waals surface area contributed by atoms with Gasteiger partial charge in [-0.25, -0.2) is 0 Å². The highest BCUT2D eigenvalue weighted by molar-refractivity contribution is 6.09. The van der Waals surface area contributed by atoms with Gasteiger partial charge in [-0.3, -0.25) is 4.79 Å². The quantitative estimate of drug-likeness (QED) is 0.332. The van der Waals surface area contributed by atoms with Gasteiger partial charge in [-0.15, -0.1) is 0 Å². The summed E-state index contributed by atoms with van der Waals surface area (Å²) in [6.07, 6.45) is 1.21. The van der Waals surface area contributed by atoms with Crippen molar-refractivity contribution in [2.75, 3.05) is 11.9 Å². The van der Waals surface area contributed by atoms with E-state index in [0.29, 0.717) is 18.6 Å². The zero-order valence-corrected chi connectivity index (χ0v) is 19.4. The van der Waals surface area contributed by atoms with Crippen LogP contribution in [0.4, 0.5) is 5.69 Å². The average Bonchev–Trinajstić information content (AvgIpc) is 3.12. The highest BCUT2D eigenvalue weighted by Crippen LogP contribution is 2.31. The molecule has 4 rings (SSSR count). The topological polar surface area (TPSA) is 67.1 Å². The minimum absolute atomic E-state index is 0. The lowest BCUT2D eigenvalue weighted by Gasteiger charge is -2.13. The van der Waals surface area contributed by atoms with E-state index in [-0.39, 0.29) is 13.3 Å². The van der Waals surface area contributed by atoms with E-state index in [4.69, 9.17) is 10.00 Å². The van der Waals surface area contributed by atoms with Gasteiger partial charge in [0.25, 0.3) is 0 Å². The Balaban J connectivity index is 0.00000324. The summed E-state index contributed by atoms with van der Waals surface area (Å²) in [5, 5.41) is 14.5. The Labute approximate surface area is 196 Å². The lowest BCUT2D eigenvalue weighted by Crippen LogP contribution is -2.16. The number of hydrogen-bond acceptors (Lipinski definition) is 3. The number of aryl methyl sites for hydroxylation is 2. The smallest absolute Gasteiger partial charge is 0.224 e. The van der Waals surface area contributed by atoms with Gasteiger partial charge in [-0.05, 0) is 74.2 Å². The van der Waals surface area contributed by atoms with Crippen molar-refractivity contribution in [2.24, 2.45) is 5.92 Å². The molecule has 1 amide bonds. The highest BCUT2D eigenvalue weighted by Gasteiger charge is 2.13. The predicted molar refractivity (Wildman–Crippen MR) is 136 cm³/mol. The van der Waals surface area contributed by atoms with Crippen molar-refractivity contribution < 1.29 is 11.0 Å². The van der Waals surface area contributed by atoms with E-state index in [1.165, 1.54) is 16.4 Å². The SMILES string of the molecule is CCn1c2ccccc2c2cc(NC(=O)CC(C)CCOc3ccc(C#N)c(C)c3)ccc21.[HH]. The van der Waals surface area contributed by atoms with Crippen LogP contribution in [0.2, 0.25) is 0 Å². The Kier molecular flexibility index (Phi) is 6.65. The molecular weight excluding hydrogens is 410 g/mol. The van der Waals surface area contributed by atoms with E-state index in [9.17, 15) is 4.79 Å². The summed E-state index contributed by atoms with van der Waals surface area (Å²) in [7, 11) is 0. The molecule has 1 atom stereocenters. The van der Waals surface area contributed by atoms with Crippen molar-refractivity contribution >= 4 is 33.4 Å². The van der Waals surface area contributed by atoms with Crippen LogP contribution >= 0.6 is 0 Å². The van der Waals surface area contributed by atoms with Crippen molar-refractivity contribution in [1.29, 1.82) is 5.26 Å². The van der Waals surface area contributed by atoms with Crippen LogP contribution in [0.25, 0.3) is 21.8 Å². The normalized spacial score (nSPS) is 11.9. The number of carbonyl (C=O) groups is 1. The summed E-state index contributed by atoms with van der Waals surface area (Å²) >= 11 is 0. The minimum atomic E-state index is 0. The summed E-state index contributed by atoms with van der Waals surface area (Å²) in [6, 6.07) is 22.1. The Morgan fingerprint density at radius 1 is 1.12 bits per heavy atom. The number of nitrogens with zero attached hydrogens (tertiary/aromatic N) is 2. The number of benzene rings is 3. The summed E-state index contributed by atoms with van der Waals surface area (Å²) in [6.45, 7) is 7.54. The molecule has 3 aromatic carbocycles. The van der Waals surface area contributed by atoms with Crippen LogP contribution in [0, 0.1) is 24.2 Å². The van der Waals surface area contributed by atoms with Crippen LogP contribution in [0.5, 0.6) is 5.75 Å². The number of anilines is 1. The number of ether oxygens (including phenoxy) is 1. The molecule has 1 aromatic heterocycles. The molecule has 5 nitrogen and oxygen atoms in total. The molecular formula is C28H31N3O2. The van der Waals surface area contributed by atoms with E-state index in [1.807, 2.05) is 25.1 Å². The van der Waals surface area contributed by atoms with Crippen LogP contribution < -0.4 is 10.1 Å². The lowest BCUT2D eigenvalue weighted by atomic mass is 10.0. The number of nitriles is 1. The van der Waals surface area contributed by atoms with Gasteiger partial charge in [0.15, 0.2) is 0 Å². The molecule has 0 bridgehead atoms. The van der Waals surface area contributed by atoms with Gasteiger partial charge < -0.3 is 14.6 Å². The molecule has 1 N–H and O–H groups in total. The molecule has 4 aromatic rings. The maximum atomic E-state index is 12.6. The molecule has 0 saturated heterocycles. The van der Waals surface area contributed by atoms with Crippen LogP contribution in [0.15, 0.2) is 60.7 Å². The molecule has 1 unspecified atom stereocenters. The van der Waals surface area contributed by atoms with E-state index in [0.717, 1.165) is 35.4 Å². The molecule has 0 spiro atoms. The molecule has 0 radical (unpaired) electrons. The minimum Gasteiger partial charge on any atom is -0.494 e. The summed E-state index contributed by atoms with van der Waals surface area (Å²) in [5.74, 6) is 0.952. The van der Waals surface area contributed by atoms with E-state index in [1.54, 1.807) is 6.07 Å². The molecule has 0 aliphatic rings. The second kappa shape index (κ2) is 9.79. The monoisotopic (exact) mass is 441 g/mol. The molecule has 5 heteroatoms. The van der Waals surface area contributed by atoms with Crippen molar-refractivity contribution in [2.45, 2.75) is 40.2 Å². The van der Waals surface area contributed by atoms with Gasteiger partial charge in [0, 0.05) is 41.9 Å². The first-order chi connectivity index (χ1) is 16.0. The second-order valence-corrected chi connectivity index (χ2v) is 8.58. The van der Waals surface area contributed by atoms with E-state index >= 15 is 0 Å². The summed E-state index contributed by atoms with van der Waals surface area (Å²) < 4.78 is 8.11. The Hall–Kier alpha value is -3.78. The second-order valence-electron chi connectivity index (χ2n) is 8.58. The van der Waals surface area contributed by atoms with Crippen LogP contribution in [-0.4, -0.2) is 17.1 Å². The molecule has 1 heterocycles. The summed E-state index contributed by atoms with van der Waals surface area (Å²) in [5.41, 5.74) is 4.78. The molecule has 170 valence electrons. The van der Waals surface area contributed by atoms with Gasteiger partial charge in [-0.2, -0.15) is 5.26 Å². The van der Waals surface area contributed by atoms with Crippen molar-refractivity contribution in [3.63, 3.8) is 0 Å². The van der Waals surface area contributed by atoms with Gasteiger partial charge in [0.2, 0.25) is 5.91 Å². The fourth-order valence-corrected chi connectivity index (χ4v) is 4.33. The Bertz CT molecular complexity index is 1350. The number of amides is 1.